The predicted molar refractivity (Wildman–Crippen MR) is 71.5 cm³/mol. The van der Waals surface area contributed by atoms with Crippen LogP contribution in [0.15, 0.2) is 12.4 Å². The van der Waals surface area contributed by atoms with E-state index in [2.05, 4.69) is 27.5 Å². The Balaban J connectivity index is 2.54. The molecule has 0 saturated heterocycles. The van der Waals surface area contributed by atoms with Crippen LogP contribution in [0.1, 0.15) is 23.8 Å². The number of amides is 1. The summed E-state index contributed by atoms with van der Waals surface area (Å²) < 4.78 is 0. The molecule has 0 aliphatic heterocycles. The van der Waals surface area contributed by atoms with E-state index in [9.17, 15) is 4.79 Å². The molecule has 1 rings (SSSR count). The van der Waals surface area contributed by atoms with E-state index in [1.165, 1.54) is 6.20 Å². The molecule has 0 aliphatic carbocycles. The second kappa shape index (κ2) is 7.89. The first-order valence-electron chi connectivity index (χ1n) is 5.61. The molecular weight excluding hydrogens is 236 g/mol. The molecule has 6 heteroatoms. The Bertz CT molecular complexity index is 359. The summed E-state index contributed by atoms with van der Waals surface area (Å²) in [6.07, 6.45) is 6.10. The number of nitrogens with zero attached hydrogens (tertiary/aromatic N) is 2. The highest BCUT2D eigenvalue weighted by molar-refractivity contribution is 7.98. The highest BCUT2D eigenvalue weighted by atomic mass is 32.2. The quantitative estimate of drug-likeness (QED) is 0.720. The van der Waals surface area contributed by atoms with Crippen molar-refractivity contribution >= 4 is 23.5 Å². The maximum absolute atomic E-state index is 11.7. The van der Waals surface area contributed by atoms with Crippen LogP contribution >= 0.6 is 11.8 Å². The Morgan fingerprint density at radius 1 is 1.41 bits per heavy atom. The van der Waals surface area contributed by atoms with Gasteiger partial charge in [0.05, 0.1) is 12.4 Å². The Morgan fingerprint density at radius 2 is 2.24 bits per heavy atom. The van der Waals surface area contributed by atoms with Crippen molar-refractivity contribution in [1.82, 2.24) is 15.3 Å². The van der Waals surface area contributed by atoms with E-state index in [1.54, 1.807) is 18.0 Å². The number of nitrogens with one attached hydrogen (secondary N) is 2. The summed E-state index contributed by atoms with van der Waals surface area (Å²) >= 11 is 1.69. The van der Waals surface area contributed by atoms with Gasteiger partial charge < -0.3 is 10.6 Å². The third-order valence-electron chi connectivity index (χ3n) is 2.02. The van der Waals surface area contributed by atoms with Gasteiger partial charge in [0.2, 0.25) is 0 Å². The van der Waals surface area contributed by atoms with Crippen LogP contribution in [0.5, 0.6) is 0 Å². The second-order valence-electron chi connectivity index (χ2n) is 3.47. The van der Waals surface area contributed by atoms with Gasteiger partial charge in [-0.05, 0) is 12.7 Å². The van der Waals surface area contributed by atoms with Gasteiger partial charge in [-0.2, -0.15) is 11.8 Å². The molecule has 0 saturated carbocycles. The topological polar surface area (TPSA) is 66.9 Å². The van der Waals surface area contributed by atoms with Crippen LogP contribution in [0.25, 0.3) is 0 Å². The number of rotatable bonds is 7. The van der Waals surface area contributed by atoms with E-state index in [0.717, 1.165) is 18.7 Å². The van der Waals surface area contributed by atoms with Crippen LogP contribution in [0.2, 0.25) is 0 Å². The summed E-state index contributed by atoms with van der Waals surface area (Å²) in [4.78, 5) is 19.9. The van der Waals surface area contributed by atoms with Crippen LogP contribution in [0, 0.1) is 0 Å². The monoisotopic (exact) mass is 254 g/mol. The van der Waals surface area contributed by atoms with Gasteiger partial charge in [-0.25, -0.2) is 4.98 Å². The summed E-state index contributed by atoms with van der Waals surface area (Å²) in [6, 6.07) is 0. The predicted octanol–water partition coefficient (Wildman–Crippen LogP) is 1.39. The lowest BCUT2D eigenvalue weighted by Crippen LogP contribution is -2.26. The molecule has 0 bridgehead atoms. The van der Waals surface area contributed by atoms with Gasteiger partial charge in [0, 0.05) is 18.8 Å². The Kier molecular flexibility index (Phi) is 6.39. The number of anilines is 1. The van der Waals surface area contributed by atoms with Crippen molar-refractivity contribution in [3.05, 3.63) is 18.1 Å². The summed E-state index contributed by atoms with van der Waals surface area (Å²) in [6.45, 7) is 3.54. The van der Waals surface area contributed by atoms with Crippen LogP contribution in [0.3, 0.4) is 0 Å². The van der Waals surface area contributed by atoms with Gasteiger partial charge in [-0.3, -0.25) is 9.78 Å². The van der Waals surface area contributed by atoms with Gasteiger partial charge in [0.25, 0.3) is 5.91 Å². The number of carbonyl (C=O) groups excluding carboxylic acids is 1. The van der Waals surface area contributed by atoms with Crippen LogP contribution < -0.4 is 10.6 Å². The van der Waals surface area contributed by atoms with Crippen molar-refractivity contribution < 1.29 is 4.79 Å². The molecule has 17 heavy (non-hydrogen) atoms. The maximum Gasteiger partial charge on any atom is 0.271 e. The normalized spacial score (nSPS) is 10.0. The van der Waals surface area contributed by atoms with Gasteiger partial charge in [-0.15, -0.1) is 0 Å². The molecule has 0 aromatic carbocycles. The molecule has 0 unspecified atom stereocenters. The summed E-state index contributed by atoms with van der Waals surface area (Å²) in [7, 11) is 0. The Labute approximate surface area is 106 Å². The van der Waals surface area contributed by atoms with Crippen LogP contribution in [-0.4, -0.2) is 41.0 Å². The van der Waals surface area contributed by atoms with Crippen molar-refractivity contribution in [3.63, 3.8) is 0 Å². The highest BCUT2D eigenvalue weighted by Crippen LogP contribution is 2.02. The van der Waals surface area contributed by atoms with Crippen molar-refractivity contribution in [3.8, 4) is 0 Å². The number of aromatic nitrogens is 2. The number of carbonyl (C=O) groups is 1. The van der Waals surface area contributed by atoms with Crippen molar-refractivity contribution in [1.29, 1.82) is 0 Å². The maximum atomic E-state index is 11.7. The number of hydrogen-bond donors (Lipinski definition) is 2. The fourth-order valence-corrected chi connectivity index (χ4v) is 1.48. The minimum Gasteiger partial charge on any atom is -0.369 e. The highest BCUT2D eigenvalue weighted by Gasteiger charge is 2.07. The first-order chi connectivity index (χ1) is 8.27. The van der Waals surface area contributed by atoms with E-state index in [1.807, 2.05) is 6.26 Å². The fourth-order valence-electron chi connectivity index (χ4n) is 1.17. The number of thioether (sulfide) groups is 1. The lowest BCUT2D eigenvalue weighted by Gasteiger charge is -2.06. The van der Waals surface area contributed by atoms with E-state index in [-0.39, 0.29) is 5.91 Å². The van der Waals surface area contributed by atoms with Crippen LogP contribution in [-0.2, 0) is 0 Å². The summed E-state index contributed by atoms with van der Waals surface area (Å²) in [5.41, 5.74) is 0.354. The first-order valence-corrected chi connectivity index (χ1v) is 7.00. The summed E-state index contributed by atoms with van der Waals surface area (Å²) in [5.74, 6) is 1.36. The van der Waals surface area contributed by atoms with Crippen LogP contribution in [0.4, 0.5) is 5.82 Å². The van der Waals surface area contributed by atoms with E-state index in [0.29, 0.717) is 18.1 Å². The standard InChI is InChI=1S/C11H18N4OS/c1-3-4-13-10-8-12-7-9(15-10)11(16)14-5-6-17-2/h7-8H,3-6H2,1-2H3,(H,13,15)(H,14,16). The molecule has 0 fully saturated rings. The molecule has 0 spiro atoms. The summed E-state index contributed by atoms with van der Waals surface area (Å²) in [5, 5.41) is 5.89. The third kappa shape index (κ3) is 5.04. The minimum absolute atomic E-state index is 0.174. The molecule has 1 aromatic heterocycles. The second-order valence-corrected chi connectivity index (χ2v) is 4.45. The average Bonchev–Trinajstić information content (AvgIpc) is 2.37. The largest absolute Gasteiger partial charge is 0.369 e. The average molecular weight is 254 g/mol. The molecule has 0 radical (unpaired) electrons. The first kappa shape index (κ1) is 13.8. The molecule has 94 valence electrons. The zero-order chi connectivity index (χ0) is 12.5. The third-order valence-corrected chi connectivity index (χ3v) is 2.63. The molecular formula is C11H18N4OS. The van der Waals surface area contributed by atoms with Gasteiger partial charge >= 0.3 is 0 Å². The Morgan fingerprint density at radius 3 is 2.94 bits per heavy atom. The molecule has 0 aliphatic rings. The van der Waals surface area contributed by atoms with Crippen molar-refractivity contribution in [2.24, 2.45) is 0 Å². The van der Waals surface area contributed by atoms with E-state index < -0.39 is 0 Å². The lowest BCUT2D eigenvalue weighted by molar-refractivity contribution is 0.0951. The zero-order valence-corrected chi connectivity index (χ0v) is 11.0. The molecule has 0 atom stereocenters. The van der Waals surface area contributed by atoms with Gasteiger partial charge in [0.1, 0.15) is 11.5 Å². The lowest BCUT2D eigenvalue weighted by atomic mass is 10.4. The van der Waals surface area contributed by atoms with Crippen molar-refractivity contribution in [2.75, 3.05) is 30.4 Å². The Hall–Kier alpha value is -1.30. The number of hydrogen-bond acceptors (Lipinski definition) is 5. The molecule has 1 heterocycles. The SMILES string of the molecule is CCCNc1cncc(C(=O)NCCSC)n1. The van der Waals surface area contributed by atoms with Gasteiger partial charge in [-0.1, -0.05) is 6.92 Å². The van der Waals surface area contributed by atoms with Gasteiger partial charge in [0.15, 0.2) is 0 Å². The van der Waals surface area contributed by atoms with Crippen molar-refractivity contribution in [2.45, 2.75) is 13.3 Å². The fraction of sp³-hybridized carbons (Fsp3) is 0.545. The van der Waals surface area contributed by atoms with E-state index in [4.69, 9.17) is 0 Å². The van der Waals surface area contributed by atoms with E-state index >= 15 is 0 Å². The molecule has 5 nitrogen and oxygen atoms in total. The molecule has 1 aromatic rings. The molecule has 1 amide bonds. The minimum atomic E-state index is -0.174. The smallest absolute Gasteiger partial charge is 0.271 e. The molecule has 2 N–H and O–H groups in total. The zero-order valence-electron chi connectivity index (χ0n) is 10.2.